The summed E-state index contributed by atoms with van der Waals surface area (Å²) in [6.07, 6.45) is -1.84. The van der Waals surface area contributed by atoms with E-state index in [0.29, 0.717) is 12.8 Å². The van der Waals surface area contributed by atoms with Gasteiger partial charge in [-0.15, -0.1) is 0 Å². The van der Waals surface area contributed by atoms with Gasteiger partial charge in [0, 0.05) is 30.6 Å². The summed E-state index contributed by atoms with van der Waals surface area (Å²) in [7, 11) is 0. The minimum atomic E-state index is -1.35. The van der Waals surface area contributed by atoms with Crippen LogP contribution in [-0.4, -0.2) is 105 Å². The normalized spacial score (nSPS) is 56.5. The van der Waals surface area contributed by atoms with Crippen LogP contribution in [0.4, 0.5) is 0 Å². The van der Waals surface area contributed by atoms with Crippen LogP contribution < -0.4 is 0 Å². The second kappa shape index (κ2) is 11.1. The summed E-state index contributed by atoms with van der Waals surface area (Å²) < 4.78 is 38.4. The predicted octanol–water partition coefficient (Wildman–Crippen LogP) is 3.23. The molecule has 4 N–H and O–H groups in total. The molecule has 3 spiro atoms. The highest BCUT2D eigenvalue weighted by Gasteiger charge is 2.90. The highest BCUT2D eigenvalue weighted by atomic mass is 16.8. The van der Waals surface area contributed by atoms with Crippen LogP contribution in [0, 0.1) is 50.7 Å². The number of hydrogen-bond acceptors (Lipinski definition) is 12. The van der Waals surface area contributed by atoms with Crippen molar-refractivity contribution in [3.05, 3.63) is 0 Å². The highest BCUT2D eigenvalue weighted by molar-refractivity contribution is 5.67. The van der Waals surface area contributed by atoms with Crippen molar-refractivity contribution in [2.24, 2.45) is 50.7 Å². The van der Waals surface area contributed by atoms with Gasteiger partial charge in [0.2, 0.25) is 0 Å². The smallest absolute Gasteiger partial charge is 0.303 e. The first kappa shape index (κ1) is 36.6. The van der Waals surface area contributed by atoms with Crippen molar-refractivity contribution in [1.29, 1.82) is 0 Å². The molecule has 288 valence electrons. The van der Waals surface area contributed by atoms with Crippen LogP contribution >= 0.6 is 0 Å². The lowest BCUT2D eigenvalue weighted by molar-refractivity contribution is -0.304. The summed E-state index contributed by atoms with van der Waals surface area (Å²) in [6.45, 7) is 17.5. The van der Waals surface area contributed by atoms with Gasteiger partial charge in [-0.25, -0.2) is 0 Å². The molecule has 0 aromatic rings. The zero-order chi connectivity index (χ0) is 37.1. The standard InChI is InChI=1S/C39H60O12/c1-18-14-22-30(34(6,7)49-20(3)41)51-39(50-22)29(18)36(9)26(47-19(2)40)15-38-17-37(38)13-12-25(48-31-28(44)27(43)21(42)16-46-31)33(4,5)23(37)10-11-24(38)35(36,8)32(39)45/h18,21-32,42-45H,10-17H2,1-9H3/t18-,21+,22-,23+,24+,25+,26-,27+,28-,29-,30+,31+,32-,35-,36-,37-,38+,39+/m1/s1. The Morgan fingerprint density at radius 3 is 2.20 bits per heavy atom. The second-order valence-electron chi connectivity index (χ2n) is 19.5. The van der Waals surface area contributed by atoms with E-state index in [-0.39, 0.29) is 64.7 Å². The summed E-state index contributed by atoms with van der Waals surface area (Å²) in [4.78, 5) is 25.2. The summed E-state index contributed by atoms with van der Waals surface area (Å²) in [6, 6.07) is 0. The molecule has 0 radical (unpaired) electrons. The Balaban J connectivity index is 1.15. The molecule has 18 atom stereocenters. The zero-order valence-electron chi connectivity index (χ0n) is 31.7. The van der Waals surface area contributed by atoms with Crippen LogP contribution in [0.5, 0.6) is 0 Å². The van der Waals surface area contributed by atoms with Gasteiger partial charge in [-0.1, -0.05) is 34.6 Å². The Morgan fingerprint density at radius 2 is 1.53 bits per heavy atom. The summed E-state index contributed by atoms with van der Waals surface area (Å²) in [5, 5.41) is 44.1. The van der Waals surface area contributed by atoms with E-state index in [4.69, 9.17) is 28.4 Å². The number of aliphatic hydroxyl groups excluding tert-OH is 4. The maximum Gasteiger partial charge on any atom is 0.303 e. The van der Waals surface area contributed by atoms with Crippen molar-refractivity contribution in [2.45, 2.75) is 174 Å². The first-order valence-electron chi connectivity index (χ1n) is 19.4. The minimum absolute atomic E-state index is 0.0553. The average Bonchev–Trinajstić information content (AvgIpc) is 3.52. The van der Waals surface area contributed by atoms with Gasteiger partial charge < -0.3 is 48.8 Å². The highest BCUT2D eigenvalue weighted by Crippen LogP contribution is 2.90. The SMILES string of the molecule is CC(=O)O[C@@H]1C[C@@]23C[C@@]24CC[C@H](O[C@@H]2OC[C@H](O)[C@H](O)[C@H]2O)C(C)(C)[C@@H]4CC[C@H]3[C@]2(C)[C@@H](O)[C@]34O[C@H](C[C@@H](C)[C@@H]3[C@@]12C)[C@@H](C(C)(C)OC(C)=O)O4. The van der Waals surface area contributed by atoms with Gasteiger partial charge in [0.1, 0.15) is 42.2 Å². The van der Waals surface area contributed by atoms with E-state index in [2.05, 4.69) is 34.6 Å². The van der Waals surface area contributed by atoms with Crippen molar-refractivity contribution in [3.8, 4) is 0 Å². The van der Waals surface area contributed by atoms with Crippen LogP contribution in [0.1, 0.15) is 107 Å². The van der Waals surface area contributed by atoms with Gasteiger partial charge in [-0.05, 0) is 92.8 Å². The lowest BCUT2D eigenvalue weighted by atomic mass is 9.40. The molecule has 3 saturated heterocycles. The topological polar surface area (TPSA) is 170 Å². The number of aliphatic hydroxyl groups is 4. The third-order valence-electron chi connectivity index (χ3n) is 16.6. The number of carbonyl (C=O) groups is 2. The van der Waals surface area contributed by atoms with Crippen molar-refractivity contribution < 1.29 is 58.4 Å². The molecule has 0 unspecified atom stereocenters. The van der Waals surface area contributed by atoms with Gasteiger partial charge in [-0.2, -0.15) is 0 Å². The van der Waals surface area contributed by atoms with Crippen LogP contribution in [0.3, 0.4) is 0 Å². The molecule has 8 rings (SSSR count). The Hall–Kier alpha value is -1.38. The van der Waals surface area contributed by atoms with Gasteiger partial charge in [0.05, 0.1) is 18.8 Å². The number of rotatable bonds is 5. The third-order valence-corrected chi connectivity index (χ3v) is 16.6. The summed E-state index contributed by atoms with van der Waals surface area (Å²) in [5.74, 6) is -1.91. The van der Waals surface area contributed by atoms with Gasteiger partial charge in [-0.3, -0.25) is 9.59 Å². The molecule has 8 fully saturated rings. The average molecular weight is 721 g/mol. The zero-order valence-corrected chi connectivity index (χ0v) is 31.7. The molecule has 3 aliphatic heterocycles. The molecule has 0 aromatic carbocycles. The molecule has 51 heavy (non-hydrogen) atoms. The van der Waals surface area contributed by atoms with Gasteiger partial charge in [0.15, 0.2) is 12.1 Å². The molecule has 12 nitrogen and oxygen atoms in total. The molecular weight excluding hydrogens is 660 g/mol. The van der Waals surface area contributed by atoms with E-state index in [0.717, 1.165) is 32.1 Å². The minimum Gasteiger partial charge on any atom is -0.462 e. The van der Waals surface area contributed by atoms with E-state index in [1.54, 1.807) is 0 Å². The first-order valence-corrected chi connectivity index (χ1v) is 19.4. The second-order valence-corrected chi connectivity index (χ2v) is 19.5. The van der Waals surface area contributed by atoms with Gasteiger partial charge in [0.25, 0.3) is 0 Å². The molecule has 12 heteroatoms. The molecule has 5 aliphatic carbocycles. The third kappa shape index (κ3) is 4.42. The Bertz CT molecular complexity index is 1470. The van der Waals surface area contributed by atoms with E-state index in [9.17, 15) is 30.0 Å². The predicted molar refractivity (Wildman–Crippen MR) is 179 cm³/mol. The molecule has 0 amide bonds. The lowest BCUT2D eigenvalue weighted by Crippen LogP contribution is -2.65. The molecule has 0 aromatic heterocycles. The molecule has 8 aliphatic rings. The van der Waals surface area contributed by atoms with Crippen molar-refractivity contribution >= 4 is 11.9 Å². The van der Waals surface area contributed by atoms with Crippen molar-refractivity contribution in [3.63, 3.8) is 0 Å². The fourth-order valence-corrected chi connectivity index (χ4v) is 14.7. The summed E-state index contributed by atoms with van der Waals surface area (Å²) >= 11 is 0. The number of esters is 2. The maximum atomic E-state index is 13.0. The van der Waals surface area contributed by atoms with E-state index >= 15 is 0 Å². The molecule has 2 bridgehead atoms. The van der Waals surface area contributed by atoms with Crippen molar-refractivity contribution in [2.75, 3.05) is 6.61 Å². The largest absolute Gasteiger partial charge is 0.462 e. The number of ether oxygens (including phenoxy) is 6. The van der Waals surface area contributed by atoms with Crippen LogP contribution in [-0.2, 0) is 38.0 Å². The van der Waals surface area contributed by atoms with Crippen molar-refractivity contribution in [1.82, 2.24) is 0 Å². The molecular formula is C39H60O12. The van der Waals surface area contributed by atoms with E-state index < -0.39 is 71.1 Å². The fourth-order valence-electron chi connectivity index (χ4n) is 14.7. The Kier molecular flexibility index (Phi) is 7.97. The Labute approximate surface area is 301 Å². The van der Waals surface area contributed by atoms with Crippen LogP contribution in [0.15, 0.2) is 0 Å². The van der Waals surface area contributed by atoms with E-state index in [1.807, 2.05) is 13.8 Å². The fraction of sp³-hybridized carbons (Fsp3) is 0.949. The number of carbonyl (C=O) groups excluding carboxylic acids is 2. The Morgan fingerprint density at radius 1 is 0.843 bits per heavy atom. The molecule has 5 saturated carbocycles. The summed E-state index contributed by atoms with van der Waals surface area (Å²) in [5.41, 5.74) is -2.95. The number of hydrogen-bond donors (Lipinski definition) is 4. The quantitative estimate of drug-likeness (QED) is 0.242. The van der Waals surface area contributed by atoms with Crippen LogP contribution in [0.2, 0.25) is 0 Å². The van der Waals surface area contributed by atoms with E-state index in [1.165, 1.54) is 13.8 Å². The van der Waals surface area contributed by atoms with Gasteiger partial charge >= 0.3 is 11.9 Å². The number of fused-ring (bicyclic) bond motifs is 4. The first-order chi connectivity index (χ1) is 23.6. The monoisotopic (exact) mass is 720 g/mol. The maximum absolute atomic E-state index is 13.0. The molecule has 3 heterocycles. The van der Waals surface area contributed by atoms with Crippen LogP contribution in [0.25, 0.3) is 0 Å². The lowest BCUT2D eigenvalue weighted by Gasteiger charge is -2.65.